The second kappa shape index (κ2) is 5.96. The van der Waals surface area contributed by atoms with Crippen LogP contribution in [0.1, 0.15) is 32.1 Å². The van der Waals surface area contributed by atoms with Crippen LogP contribution in [-0.2, 0) is 11.3 Å². The van der Waals surface area contributed by atoms with Crippen LogP contribution in [-0.4, -0.2) is 55.3 Å². The van der Waals surface area contributed by atoms with Gasteiger partial charge in [0.25, 0.3) is 0 Å². The van der Waals surface area contributed by atoms with E-state index < -0.39 is 0 Å². The van der Waals surface area contributed by atoms with E-state index in [2.05, 4.69) is 21.5 Å². The lowest BCUT2D eigenvalue weighted by atomic mass is 9.68. The highest BCUT2D eigenvalue weighted by molar-refractivity contribution is 7.99. The first kappa shape index (κ1) is 16.6. The van der Waals surface area contributed by atoms with Crippen LogP contribution in [0.2, 0.25) is 0 Å². The van der Waals surface area contributed by atoms with Crippen molar-refractivity contribution >= 4 is 17.7 Å². The Morgan fingerprint density at radius 2 is 2.35 bits per heavy atom. The van der Waals surface area contributed by atoms with Gasteiger partial charge >= 0.3 is 0 Å². The molecule has 0 spiro atoms. The number of aromatic nitrogens is 3. The minimum absolute atomic E-state index is 0.0764. The first-order valence-corrected chi connectivity index (χ1v) is 10.6. The van der Waals surface area contributed by atoms with Gasteiger partial charge < -0.3 is 10.2 Å². The summed E-state index contributed by atoms with van der Waals surface area (Å²) in [5.74, 6) is 2.89. The van der Waals surface area contributed by atoms with E-state index in [1.807, 2.05) is 11.0 Å². The lowest BCUT2D eigenvalue weighted by Gasteiger charge is -2.41. The van der Waals surface area contributed by atoms with Crippen molar-refractivity contribution in [3.05, 3.63) is 12.7 Å². The predicted octanol–water partition coefficient (Wildman–Crippen LogP) is 1.24. The minimum atomic E-state index is -0.262. The fraction of sp³-hybridized carbons (Fsp3) is 0.778. The van der Waals surface area contributed by atoms with Crippen LogP contribution in [0.5, 0.6) is 0 Å². The molecule has 6 rings (SSSR count). The number of nitrogens with one attached hydrogen (secondary N) is 1. The van der Waals surface area contributed by atoms with Crippen LogP contribution >= 0.6 is 11.8 Å². The molecule has 5 fully saturated rings. The van der Waals surface area contributed by atoms with Crippen LogP contribution in [0.25, 0.3) is 0 Å². The van der Waals surface area contributed by atoms with Crippen molar-refractivity contribution < 1.29 is 4.79 Å². The molecule has 0 radical (unpaired) electrons. The fourth-order valence-electron chi connectivity index (χ4n) is 6.35. The van der Waals surface area contributed by atoms with E-state index >= 15 is 0 Å². The molecule has 8 heteroatoms. The van der Waals surface area contributed by atoms with Gasteiger partial charge in [0.15, 0.2) is 0 Å². The van der Waals surface area contributed by atoms with Gasteiger partial charge in [0.2, 0.25) is 5.91 Å². The molecular weight excluding hydrogens is 348 g/mol. The maximum atomic E-state index is 12.7. The third-order valence-corrected chi connectivity index (χ3v) is 8.06. The van der Waals surface area contributed by atoms with E-state index in [0.29, 0.717) is 23.8 Å². The Hall–Kier alpha value is -1.59. The van der Waals surface area contributed by atoms with Gasteiger partial charge in [0.05, 0.1) is 18.5 Å². The number of carbonyl (C=O) groups excluding carboxylic acids is 1. The molecule has 1 aliphatic heterocycles. The molecule has 4 saturated carbocycles. The van der Waals surface area contributed by atoms with E-state index in [1.165, 1.54) is 25.7 Å². The van der Waals surface area contributed by atoms with Crippen LogP contribution in [0.3, 0.4) is 0 Å². The summed E-state index contributed by atoms with van der Waals surface area (Å²) in [6.45, 7) is 1.30. The quantitative estimate of drug-likeness (QED) is 0.837. The summed E-state index contributed by atoms with van der Waals surface area (Å²) in [6.07, 6.45) is 9.55. The van der Waals surface area contributed by atoms with E-state index in [4.69, 9.17) is 0 Å². The Labute approximate surface area is 157 Å². The summed E-state index contributed by atoms with van der Waals surface area (Å²) in [5, 5.41) is 17.2. The highest BCUT2D eigenvalue weighted by atomic mass is 32.2. The third-order valence-electron chi connectivity index (χ3n) is 7.05. The van der Waals surface area contributed by atoms with Gasteiger partial charge in [-0.1, -0.05) is 0 Å². The minimum Gasteiger partial charge on any atom is -0.315 e. The van der Waals surface area contributed by atoms with Crippen LogP contribution in [0.15, 0.2) is 12.7 Å². The SMILES string of the molecule is N#C[C@@H]1CSCN1C(=O)CNC12CC3CC1CC(Cn1cncn1)(C3)C2. The van der Waals surface area contributed by atoms with Crippen molar-refractivity contribution in [2.75, 3.05) is 18.2 Å². The van der Waals surface area contributed by atoms with Crippen LogP contribution in [0.4, 0.5) is 0 Å². The van der Waals surface area contributed by atoms with Gasteiger partial charge in [0, 0.05) is 17.8 Å². The van der Waals surface area contributed by atoms with Crippen molar-refractivity contribution in [2.45, 2.75) is 50.2 Å². The largest absolute Gasteiger partial charge is 0.315 e. The fourth-order valence-corrected chi connectivity index (χ4v) is 7.45. The normalized spacial score (nSPS) is 40.3. The first-order chi connectivity index (χ1) is 12.6. The van der Waals surface area contributed by atoms with Gasteiger partial charge in [-0.3, -0.25) is 9.48 Å². The molecule has 4 bridgehead atoms. The number of rotatable bonds is 5. The molecule has 26 heavy (non-hydrogen) atoms. The Balaban J connectivity index is 1.28. The third kappa shape index (κ3) is 2.55. The van der Waals surface area contributed by atoms with Crippen LogP contribution in [0, 0.1) is 28.6 Å². The van der Waals surface area contributed by atoms with Gasteiger partial charge in [-0.2, -0.15) is 10.4 Å². The van der Waals surface area contributed by atoms with Crippen molar-refractivity contribution in [2.24, 2.45) is 17.3 Å². The second-order valence-electron chi connectivity index (χ2n) is 8.70. The second-order valence-corrected chi connectivity index (χ2v) is 9.70. The van der Waals surface area contributed by atoms with Gasteiger partial charge in [0.1, 0.15) is 18.7 Å². The number of carbonyl (C=O) groups is 1. The van der Waals surface area contributed by atoms with Gasteiger partial charge in [-0.15, -0.1) is 11.8 Å². The zero-order valence-corrected chi connectivity index (χ0v) is 15.6. The Morgan fingerprint density at radius 1 is 1.42 bits per heavy atom. The van der Waals surface area contributed by atoms with E-state index in [0.717, 1.165) is 24.6 Å². The molecule has 5 atom stereocenters. The first-order valence-electron chi connectivity index (χ1n) is 9.46. The average Bonchev–Trinajstić information content (AvgIpc) is 3.36. The number of thioether (sulfide) groups is 1. The van der Waals surface area contributed by atoms with E-state index in [-0.39, 0.29) is 17.5 Å². The molecule has 2 heterocycles. The Morgan fingerprint density at radius 3 is 3.15 bits per heavy atom. The number of hydrogen-bond acceptors (Lipinski definition) is 6. The summed E-state index contributed by atoms with van der Waals surface area (Å²) in [4.78, 5) is 18.5. The molecule has 0 aromatic carbocycles. The molecule has 138 valence electrons. The Bertz CT molecular complexity index is 747. The molecule has 1 aromatic rings. The topological polar surface area (TPSA) is 86.8 Å². The molecular formula is C18H24N6OS. The molecule has 1 aromatic heterocycles. The predicted molar refractivity (Wildman–Crippen MR) is 96.8 cm³/mol. The average molecular weight is 372 g/mol. The standard InChI is InChI=1S/C18H24N6OS/c19-5-15-7-26-12-24(15)16(25)6-21-18-3-13-1-14(18)4-17(2-13,8-18)9-23-11-20-10-22-23/h10-11,13-15,21H,1-4,6-9,12H2/t13?,14?,15-,17?,18?/m1/s1. The summed E-state index contributed by atoms with van der Waals surface area (Å²) in [7, 11) is 0. The van der Waals surface area contributed by atoms with Crippen molar-refractivity contribution in [1.82, 2.24) is 25.0 Å². The molecule has 4 aliphatic carbocycles. The summed E-state index contributed by atoms with van der Waals surface area (Å²) in [6, 6.07) is 1.99. The molecule has 5 aliphatic rings. The van der Waals surface area contributed by atoms with Crippen molar-refractivity contribution in [3.8, 4) is 6.07 Å². The monoisotopic (exact) mass is 372 g/mol. The Kier molecular flexibility index (Phi) is 3.80. The molecule has 1 N–H and O–H groups in total. The van der Waals surface area contributed by atoms with E-state index in [9.17, 15) is 10.1 Å². The highest BCUT2D eigenvalue weighted by Gasteiger charge is 2.63. The van der Waals surface area contributed by atoms with Gasteiger partial charge in [-0.05, 0) is 49.4 Å². The summed E-state index contributed by atoms with van der Waals surface area (Å²) in [5.41, 5.74) is 0.405. The maximum absolute atomic E-state index is 12.7. The van der Waals surface area contributed by atoms with Crippen molar-refractivity contribution in [1.29, 1.82) is 5.26 Å². The zero-order valence-electron chi connectivity index (χ0n) is 14.8. The molecule has 1 amide bonds. The molecule has 1 saturated heterocycles. The molecule has 4 unspecified atom stereocenters. The summed E-state index contributed by atoms with van der Waals surface area (Å²) >= 11 is 1.67. The van der Waals surface area contributed by atoms with E-state index in [1.54, 1.807) is 23.0 Å². The number of nitrogens with zero attached hydrogens (tertiary/aromatic N) is 5. The highest BCUT2D eigenvalue weighted by Crippen LogP contribution is 2.66. The lowest BCUT2D eigenvalue weighted by Crippen LogP contribution is -2.52. The summed E-state index contributed by atoms with van der Waals surface area (Å²) < 4.78 is 1.98. The molecule has 7 nitrogen and oxygen atoms in total. The van der Waals surface area contributed by atoms with Crippen LogP contribution < -0.4 is 5.32 Å². The van der Waals surface area contributed by atoms with Crippen molar-refractivity contribution in [3.63, 3.8) is 0 Å². The number of nitriles is 1. The van der Waals surface area contributed by atoms with Gasteiger partial charge in [-0.25, -0.2) is 4.98 Å². The smallest absolute Gasteiger partial charge is 0.238 e. The number of hydrogen-bond donors (Lipinski definition) is 1. The number of amides is 1. The zero-order chi connectivity index (χ0) is 17.8. The lowest BCUT2D eigenvalue weighted by molar-refractivity contribution is -0.130. The maximum Gasteiger partial charge on any atom is 0.238 e.